The van der Waals surface area contributed by atoms with Crippen LogP contribution < -0.4 is 0 Å². The lowest BCUT2D eigenvalue weighted by atomic mass is 10.1. The van der Waals surface area contributed by atoms with Crippen molar-refractivity contribution in [1.82, 2.24) is 0 Å². The van der Waals surface area contributed by atoms with Crippen LogP contribution in [0.1, 0.15) is 0 Å². The summed E-state index contributed by atoms with van der Waals surface area (Å²) in [6.45, 7) is 0.379. The van der Waals surface area contributed by atoms with E-state index in [4.69, 9.17) is 19.7 Å². The minimum absolute atomic E-state index is 0.000370. The zero-order valence-corrected chi connectivity index (χ0v) is 6.58. The smallest absolute Gasteiger partial charge is 0.185 e. The van der Waals surface area contributed by atoms with Crippen LogP contribution in [0.25, 0.3) is 10.4 Å². The van der Waals surface area contributed by atoms with Crippen molar-refractivity contribution in [3.8, 4) is 0 Å². The number of epoxide rings is 1. The third-order valence-corrected chi connectivity index (χ3v) is 2.07. The Balaban J connectivity index is 1.98. The van der Waals surface area contributed by atoms with Gasteiger partial charge in [-0.2, -0.15) is 0 Å². The van der Waals surface area contributed by atoms with E-state index in [0.717, 1.165) is 0 Å². The lowest BCUT2D eigenvalue weighted by Crippen LogP contribution is -2.37. The third-order valence-electron chi connectivity index (χ3n) is 2.07. The molecule has 0 amide bonds. The molecule has 66 valence electrons. The first-order chi connectivity index (χ1) is 5.86. The predicted molar refractivity (Wildman–Crippen MR) is 38.3 cm³/mol. The van der Waals surface area contributed by atoms with Gasteiger partial charge >= 0.3 is 0 Å². The van der Waals surface area contributed by atoms with Gasteiger partial charge in [0, 0.05) is 12.0 Å². The summed E-state index contributed by atoms with van der Waals surface area (Å²) in [6.07, 6.45) is -0.334. The van der Waals surface area contributed by atoms with Crippen LogP contribution in [0.5, 0.6) is 0 Å². The Bertz CT molecular complexity index is 228. The van der Waals surface area contributed by atoms with Gasteiger partial charge in [0.2, 0.25) is 0 Å². The summed E-state index contributed by atoms with van der Waals surface area (Å²) in [5, 5.41) is 3.55. The Morgan fingerprint density at radius 3 is 3.08 bits per heavy atom. The van der Waals surface area contributed by atoms with Gasteiger partial charge in [0.15, 0.2) is 6.29 Å². The Labute approximate surface area is 69.0 Å². The fourth-order valence-electron chi connectivity index (χ4n) is 1.42. The molecule has 0 aliphatic carbocycles. The highest BCUT2D eigenvalue weighted by Gasteiger charge is 2.54. The van der Waals surface area contributed by atoms with Crippen LogP contribution in [0.2, 0.25) is 0 Å². The molecule has 4 atom stereocenters. The number of azide groups is 1. The zero-order chi connectivity index (χ0) is 8.55. The van der Waals surface area contributed by atoms with Crippen LogP contribution >= 0.6 is 0 Å². The van der Waals surface area contributed by atoms with Crippen LogP contribution in [-0.4, -0.2) is 38.3 Å². The van der Waals surface area contributed by atoms with E-state index in [1.807, 2.05) is 0 Å². The number of ether oxygens (including phenoxy) is 3. The monoisotopic (exact) mass is 171 g/mol. The van der Waals surface area contributed by atoms with Crippen LogP contribution in [-0.2, 0) is 14.2 Å². The summed E-state index contributed by atoms with van der Waals surface area (Å²) in [7, 11) is 1.57. The van der Waals surface area contributed by atoms with Crippen molar-refractivity contribution in [2.75, 3.05) is 13.7 Å². The van der Waals surface area contributed by atoms with E-state index in [0.29, 0.717) is 6.61 Å². The van der Waals surface area contributed by atoms with Crippen molar-refractivity contribution in [3.05, 3.63) is 10.4 Å². The maximum absolute atomic E-state index is 8.19. The molecular weight excluding hydrogens is 162 g/mol. The first-order valence-corrected chi connectivity index (χ1v) is 3.71. The highest BCUT2D eigenvalue weighted by molar-refractivity contribution is 5.00. The molecule has 6 nitrogen and oxygen atoms in total. The molecule has 0 radical (unpaired) electrons. The normalized spacial score (nSPS) is 44.4. The molecule has 2 saturated heterocycles. The second-order valence-corrected chi connectivity index (χ2v) is 2.78. The van der Waals surface area contributed by atoms with E-state index in [2.05, 4.69) is 10.0 Å². The summed E-state index contributed by atoms with van der Waals surface area (Å²) in [5.41, 5.74) is 8.19. The van der Waals surface area contributed by atoms with E-state index < -0.39 is 0 Å². The van der Waals surface area contributed by atoms with Crippen molar-refractivity contribution in [1.29, 1.82) is 0 Å². The van der Waals surface area contributed by atoms with Gasteiger partial charge in [-0.1, -0.05) is 5.11 Å². The van der Waals surface area contributed by atoms with Gasteiger partial charge in [0.25, 0.3) is 0 Å². The fraction of sp³-hybridized carbons (Fsp3) is 1.00. The molecule has 4 unspecified atom stereocenters. The second kappa shape index (κ2) is 2.91. The van der Waals surface area contributed by atoms with E-state index in [-0.39, 0.29) is 24.5 Å². The summed E-state index contributed by atoms with van der Waals surface area (Å²) < 4.78 is 15.5. The van der Waals surface area contributed by atoms with Crippen LogP contribution in [0, 0.1) is 0 Å². The van der Waals surface area contributed by atoms with Crippen molar-refractivity contribution >= 4 is 0 Å². The predicted octanol–water partition coefficient (Wildman–Crippen LogP) is 0.435. The number of rotatable bonds is 2. The van der Waals surface area contributed by atoms with Gasteiger partial charge in [0.1, 0.15) is 12.2 Å². The Morgan fingerprint density at radius 2 is 2.42 bits per heavy atom. The Kier molecular flexibility index (Phi) is 1.90. The molecule has 2 heterocycles. The van der Waals surface area contributed by atoms with Gasteiger partial charge in [0.05, 0.1) is 12.6 Å². The van der Waals surface area contributed by atoms with E-state index in [1.54, 1.807) is 7.11 Å². The number of hydrogen-bond acceptors (Lipinski definition) is 4. The molecule has 0 saturated carbocycles. The molecule has 0 aromatic heterocycles. The van der Waals surface area contributed by atoms with Crippen LogP contribution in [0.4, 0.5) is 0 Å². The lowest BCUT2D eigenvalue weighted by molar-refractivity contribution is -0.144. The van der Waals surface area contributed by atoms with Gasteiger partial charge in [-0.15, -0.1) is 0 Å². The minimum atomic E-state index is -0.292. The molecule has 2 fully saturated rings. The number of hydrogen-bond donors (Lipinski definition) is 0. The van der Waals surface area contributed by atoms with Gasteiger partial charge < -0.3 is 14.2 Å². The minimum Gasteiger partial charge on any atom is -0.364 e. The molecule has 0 spiro atoms. The van der Waals surface area contributed by atoms with Crippen molar-refractivity contribution in [2.24, 2.45) is 5.11 Å². The Hall–Kier alpha value is -0.810. The highest BCUT2D eigenvalue weighted by atomic mass is 16.7. The molecule has 12 heavy (non-hydrogen) atoms. The highest BCUT2D eigenvalue weighted by Crippen LogP contribution is 2.36. The summed E-state index contributed by atoms with van der Waals surface area (Å²) in [6, 6.07) is -0.189. The number of nitrogens with zero attached hydrogens (tertiary/aromatic N) is 3. The molecule has 2 aliphatic rings. The standard InChI is InChI=1S/C6H9N3O3/c1-10-6-5-4(12-5)3(2-11-6)8-9-7/h3-6H,2H2,1H3. The number of methoxy groups -OCH3 is 1. The van der Waals surface area contributed by atoms with Gasteiger partial charge in [-0.05, 0) is 5.53 Å². The molecular formula is C6H9N3O3. The van der Waals surface area contributed by atoms with E-state index in [1.165, 1.54) is 0 Å². The molecule has 0 N–H and O–H groups in total. The summed E-state index contributed by atoms with van der Waals surface area (Å²) in [5.74, 6) is 0. The van der Waals surface area contributed by atoms with Crippen molar-refractivity contribution in [2.45, 2.75) is 24.5 Å². The maximum Gasteiger partial charge on any atom is 0.185 e. The molecule has 0 bridgehead atoms. The summed E-state index contributed by atoms with van der Waals surface area (Å²) in [4.78, 5) is 2.71. The largest absolute Gasteiger partial charge is 0.364 e. The van der Waals surface area contributed by atoms with Crippen molar-refractivity contribution in [3.63, 3.8) is 0 Å². The Morgan fingerprint density at radius 1 is 1.58 bits per heavy atom. The van der Waals surface area contributed by atoms with Crippen LogP contribution in [0.15, 0.2) is 5.11 Å². The maximum atomic E-state index is 8.19. The SMILES string of the molecule is COC1OCC(N=[N+]=[N-])C2OC12. The third kappa shape index (κ3) is 1.15. The topological polar surface area (TPSA) is 79.8 Å². The average Bonchev–Trinajstić information content (AvgIpc) is 2.85. The van der Waals surface area contributed by atoms with Crippen LogP contribution in [0.3, 0.4) is 0 Å². The molecule has 2 aliphatic heterocycles. The fourth-order valence-corrected chi connectivity index (χ4v) is 1.42. The first-order valence-electron chi connectivity index (χ1n) is 3.71. The number of fused-ring (bicyclic) bond motifs is 1. The van der Waals surface area contributed by atoms with Gasteiger partial charge in [-0.3, -0.25) is 0 Å². The molecule has 0 aromatic carbocycles. The molecule has 6 heteroatoms. The summed E-state index contributed by atoms with van der Waals surface area (Å²) >= 11 is 0. The second-order valence-electron chi connectivity index (χ2n) is 2.78. The van der Waals surface area contributed by atoms with Gasteiger partial charge in [-0.25, -0.2) is 0 Å². The molecule has 0 aromatic rings. The lowest BCUT2D eigenvalue weighted by Gasteiger charge is -2.20. The first kappa shape index (κ1) is 7.82. The van der Waals surface area contributed by atoms with E-state index >= 15 is 0 Å². The van der Waals surface area contributed by atoms with Crippen molar-refractivity contribution < 1.29 is 14.2 Å². The van der Waals surface area contributed by atoms with E-state index in [9.17, 15) is 0 Å². The molecule has 2 rings (SSSR count). The average molecular weight is 171 g/mol. The quantitative estimate of drug-likeness (QED) is 0.261. The zero-order valence-electron chi connectivity index (χ0n) is 6.58.